The van der Waals surface area contributed by atoms with Crippen molar-refractivity contribution < 1.29 is 5.11 Å². The maximum absolute atomic E-state index is 13.8. The summed E-state index contributed by atoms with van der Waals surface area (Å²) in [5.74, 6) is 0.818. The van der Waals surface area contributed by atoms with Gasteiger partial charge in [0, 0.05) is 43.8 Å². The van der Waals surface area contributed by atoms with Gasteiger partial charge in [0.1, 0.15) is 11.0 Å². The van der Waals surface area contributed by atoms with Gasteiger partial charge in [-0.3, -0.25) is 4.79 Å². The van der Waals surface area contributed by atoms with E-state index in [0.717, 1.165) is 37.4 Å². The Hall–Kier alpha value is -4.54. The van der Waals surface area contributed by atoms with Crippen LogP contribution in [0.2, 0.25) is 0 Å². The van der Waals surface area contributed by atoms with E-state index in [0.29, 0.717) is 34.2 Å². The summed E-state index contributed by atoms with van der Waals surface area (Å²) < 4.78 is 3.24. The average Bonchev–Trinajstić information content (AvgIpc) is 3.25. The fourth-order valence-electron chi connectivity index (χ4n) is 5.08. The number of hydrogen-bond donors (Lipinski definition) is 2. The summed E-state index contributed by atoms with van der Waals surface area (Å²) in [5, 5.41) is 14.3. The van der Waals surface area contributed by atoms with E-state index in [4.69, 9.17) is 9.97 Å². The molecule has 0 spiro atoms. The van der Waals surface area contributed by atoms with Gasteiger partial charge in [-0.1, -0.05) is 18.2 Å². The molecular weight excluding hydrogens is 516 g/mol. The van der Waals surface area contributed by atoms with Gasteiger partial charge in [0.2, 0.25) is 5.95 Å². The number of nitrogens with zero attached hydrogens (tertiary/aromatic N) is 7. The molecule has 41 heavy (non-hydrogen) atoms. The topological polar surface area (TPSA) is 104 Å². The molecule has 4 heterocycles. The second kappa shape index (κ2) is 10.5. The van der Waals surface area contributed by atoms with Gasteiger partial charge in [0.25, 0.3) is 5.56 Å². The lowest BCUT2D eigenvalue weighted by Crippen LogP contribution is -2.44. The predicted octanol–water partition coefficient (Wildman–Crippen LogP) is 4.00. The number of aromatic nitrogens is 5. The van der Waals surface area contributed by atoms with Crippen LogP contribution in [0, 0.1) is 6.92 Å². The van der Waals surface area contributed by atoms with Crippen LogP contribution in [0.3, 0.4) is 0 Å². The van der Waals surface area contributed by atoms with E-state index in [1.165, 1.54) is 5.69 Å². The zero-order valence-electron chi connectivity index (χ0n) is 23.7. The standard InChI is InChI=1S/C31H34N8O2/c1-21-7-5-8-24(19-21)38-29(40)25-20-32-30(33-22-11-13-23(14-12-22)37-17-15-36(4)16-18-37)35-28(25)39(38)27-10-6-9-26(34-27)31(2,3)41/h5-14,19-20,41H,15-18H2,1-4H3,(H,32,33,35). The summed E-state index contributed by atoms with van der Waals surface area (Å²) in [4.78, 5) is 32.5. The van der Waals surface area contributed by atoms with E-state index in [1.807, 2.05) is 49.4 Å². The molecule has 0 unspecified atom stereocenters. The molecule has 0 saturated carbocycles. The zero-order chi connectivity index (χ0) is 28.7. The monoisotopic (exact) mass is 550 g/mol. The van der Waals surface area contributed by atoms with Crippen LogP contribution in [-0.2, 0) is 5.60 Å². The van der Waals surface area contributed by atoms with Crippen molar-refractivity contribution in [1.29, 1.82) is 0 Å². The van der Waals surface area contributed by atoms with E-state index >= 15 is 0 Å². The first kappa shape index (κ1) is 26.7. The number of nitrogens with one attached hydrogen (secondary N) is 1. The molecule has 3 aromatic heterocycles. The number of likely N-dealkylation sites (N-methyl/N-ethyl adjacent to an activating group) is 1. The quantitative estimate of drug-likeness (QED) is 0.327. The zero-order valence-corrected chi connectivity index (χ0v) is 23.7. The maximum atomic E-state index is 13.8. The summed E-state index contributed by atoms with van der Waals surface area (Å²) in [5.41, 5.74) is 3.18. The fourth-order valence-corrected chi connectivity index (χ4v) is 5.08. The Morgan fingerprint density at radius 1 is 0.878 bits per heavy atom. The molecule has 10 nitrogen and oxygen atoms in total. The smallest absolute Gasteiger partial charge is 0.282 e. The lowest BCUT2D eigenvalue weighted by Gasteiger charge is -2.34. The Labute approximate surface area is 238 Å². The summed E-state index contributed by atoms with van der Waals surface area (Å²) in [6.07, 6.45) is 1.55. The molecule has 1 aliphatic heterocycles. The Bertz CT molecular complexity index is 1760. The normalized spacial score (nSPS) is 14.5. The van der Waals surface area contributed by atoms with Gasteiger partial charge >= 0.3 is 0 Å². The highest BCUT2D eigenvalue weighted by molar-refractivity contribution is 5.78. The number of piperazine rings is 1. The number of hydrogen-bond acceptors (Lipinski definition) is 8. The lowest BCUT2D eigenvalue weighted by molar-refractivity contribution is 0.0738. The molecule has 1 aliphatic rings. The van der Waals surface area contributed by atoms with Crippen molar-refractivity contribution in [2.24, 2.45) is 0 Å². The third-order valence-electron chi connectivity index (χ3n) is 7.41. The maximum Gasteiger partial charge on any atom is 0.282 e. The van der Waals surface area contributed by atoms with Crippen LogP contribution in [0.4, 0.5) is 17.3 Å². The van der Waals surface area contributed by atoms with E-state index in [1.54, 1.807) is 41.5 Å². The van der Waals surface area contributed by atoms with Crippen molar-refractivity contribution in [1.82, 2.24) is 29.2 Å². The van der Waals surface area contributed by atoms with Crippen LogP contribution < -0.4 is 15.8 Å². The molecule has 1 saturated heterocycles. The highest BCUT2D eigenvalue weighted by Crippen LogP contribution is 2.25. The van der Waals surface area contributed by atoms with Gasteiger partial charge in [-0.15, -0.1) is 0 Å². The molecule has 0 bridgehead atoms. The van der Waals surface area contributed by atoms with E-state index in [2.05, 4.69) is 39.3 Å². The Balaban J connectivity index is 1.42. The first-order valence-electron chi connectivity index (χ1n) is 13.8. The highest BCUT2D eigenvalue weighted by Gasteiger charge is 2.23. The summed E-state index contributed by atoms with van der Waals surface area (Å²) in [6.45, 7) is 9.43. The molecule has 0 atom stereocenters. The van der Waals surface area contributed by atoms with E-state index in [-0.39, 0.29) is 5.56 Å². The minimum atomic E-state index is -1.16. The minimum absolute atomic E-state index is 0.260. The molecule has 0 radical (unpaired) electrons. The second-order valence-corrected chi connectivity index (χ2v) is 11.1. The molecule has 0 amide bonds. The molecule has 10 heteroatoms. The molecule has 6 rings (SSSR count). The van der Waals surface area contributed by atoms with Crippen molar-refractivity contribution in [2.45, 2.75) is 26.4 Å². The van der Waals surface area contributed by atoms with Gasteiger partial charge in [-0.2, -0.15) is 4.98 Å². The first-order valence-corrected chi connectivity index (χ1v) is 13.8. The SMILES string of the molecule is Cc1cccc(-n2c(=O)c3cnc(Nc4ccc(N5CCN(C)CC5)cc4)nc3n2-c2cccc(C(C)(C)O)n2)c1. The van der Waals surface area contributed by atoms with Crippen LogP contribution in [-0.4, -0.2) is 67.5 Å². The van der Waals surface area contributed by atoms with Crippen LogP contribution in [0.1, 0.15) is 25.1 Å². The Morgan fingerprint density at radius 2 is 1.61 bits per heavy atom. The third-order valence-corrected chi connectivity index (χ3v) is 7.41. The van der Waals surface area contributed by atoms with Crippen molar-refractivity contribution in [2.75, 3.05) is 43.4 Å². The number of aliphatic hydroxyl groups is 1. The van der Waals surface area contributed by atoms with E-state index < -0.39 is 5.60 Å². The van der Waals surface area contributed by atoms with Crippen LogP contribution >= 0.6 is 0 Å². The largest absolute Gasteiger partial charge is 0.384 e. The number of aryl methyl sites for hydroxylation is 1. The van der Waals surface area contributed by atoms with E-state index in [9.17, 15) is 9.90 Å². The van der Waals surface area contributed by atoms with Gasteiger partial charge in [-0.25, -0.2) is 19.3 Å². The van der Waals surface area contributed by atoms with Gasteiger partial charge in [0.05, 0.1) is 11.4 Å². The number of anilines is 3. The van der Waals surface area contributed by atoms with Crippen LogP contribution in [0.15, 0.2) is 77.7 Å². The molecule has 0 aliphatic carbocycles. The van der Waals surface area contributed by atoms with Crippen molar-refractivity contribution >= 4 is 28.4 Å². The molecular formula is C31H34N8O2. The molecule has 1 fully saturated rings. The van der Waals surface area contributed by atoms with Gasteiger partial charge < -0.3 is 20.2 Å². The number of pyridine rings is 1. The third kappa shape index (κ3) is 5.31. The lowest BCUT2D eigenvalue weighted by atomic mass is 10.1. The molecule has 2 aromatic carbocycles. The Morgan fingerprint density at radius 3 is 2.32 bits per heavy atom. The number of fused-ring (bicyclic) bond motifs is 1. The summed E-state index contributed by atoms with van der Waals surface area (Å²) >= 11 is 0. The van der Waals surface area contributed by atoms with Gasteiger partial charge in [0.15, 0.2) is 11.5 Å². The summed E-state index contributed by atoms with van der Waals surface area (Å²) in [6, 6.07) is 21.3. The summed E-state index contributed by atoms with van der Waals surface area (Å²) in [7, 11) is 2.15. The van der Waals surface area contributed by atoms with Crippen molar-refractivity contribution in [3.8, 4) is 11.5 Å². The van der Waals surface area contributed by atoms with Crippen LogP contribution in [0.25, 0.3) is 22.5 Å². The Kier molecular flexibility index (Phi) is 6.80. The number of rotatable bonds is 6. The number of benzene rings is 2. The molecule has 210 valence electrons. The van der Waals surface area contributed by atoms with Crippen molar-refractivity contribution in [3.05, 3.63) is 94.5 Å². The van der Waals surface area contributed by atoms with Crippen LogP contribution in [0.5, 0.6) is 0 Å². The van der Waals surface area contributed by atoms with Crippen molar-refractivity contribution in [3.63, 3.8) is 0 Å². The fraction of sp³-hybridized carbons (Fsp3) is 0.290. The molecule has 2 N–H and O–H groups in total. The first-order chi connectivity index (χ1) is 19.7. The molecule has 5 aromatic rings. The average molecular weight is 551 g/mol. The van der Waals surface area contributed by atoms with Gasteiger partial charge in [-0.05, 0) is 81.9 Å². The second-order valence-electron chi connectivity index (χ2n) is 11.1. The minimum Gasteiger partial charge on any atom is -0.384 e. The predicted molar refractivity (Wildman–Crippen MR) is 162 cm³/mol. The highest BCUT2D eigenvalue weighted by atomic mass is 16.3.